The second kappa shape index (κ2) is 5.84. The Balaban J connectivity index is 2.34. The Morgan fingerprint density at radius 3 is 2.18 bits per heavy atom. The predicted molar refractivity (Wildman–Crippen MR) is 78.6 cm³/mol. The second-order valence-electron chi connectivity index (χ2n) is 4.80. The van der Waals surface area contributed by atoms with Crippen molar-refractivity contribution in [3.8, 4) is 0 Å². The van der Waals surface area contributed by atoms with Crippen molar-refractivity contribution in [2.75, 3.05) is 11.6 Å². The van der Waals surface area contributed by atoms with Gasteiger partial charge in [-0.25, -0.2) is 17.2 Å². The zero-order valence-electron chi connectivity index (χ0n) is 11.9. The maximum Gasteiger partial charge on any atom is 0.261 e. The molecule has 0 saturated carbocycles. The number of amides is 1. The molecule has 4 nitrogen and oxygen atoms in total. The molecule has 1 amide bonds. The number of carbonyl (C=O) groups is 1. The quantitative estimate of drug-likeness (QED) is 0.944. The lowest BCUT2D eigenvalue weighted by atomic mass is 10.1. The van der Waals surface area contributed by atoms with Crippen molar-refractivity contribution in [1.82, 2.24) is 0 Å². The van der Waals surface area contributed by atoms with Gasteiger partial charge in [-0.2, -0.15) is 0 Å². The van der Waals surface area contributed by atoms with Crippen LogP contribution in [0.3, 0.4) is 0 Å². The molecule has 22 heavy (non-hydrogen) atoms. The van der Waals surface area contributed by atoms with Crippen LogP contribution in [0.25, 0.3) is 0 Å². The fraction of sp³-hybridized carbons (Fsp3) is 0.133. The number of hydrogen-bond donors (Lipinski definition) is 1. The fourth-order valence-corrected chi connectivity index (χ4v) is 2.61. The Kier molecular flexibility index (Phi) is 4.27. The van der Waals surface area contributed by atoms with Gasteiger partial charge in [0.05, 0.1) is 4.90 Å². The standard InChI is InChI=1S/C15H13F2NO3S/c1-9-8-10(22(2,20)21)6-7-13(9)18-15(19)14-11(16)4-3-5-12(14)17/h3-8H,1-2H3,(H,18,19). The minimum Gasteiger partial charge on any atom is -0.322 e. The molecule has 1 N–H and O–H groups in total. The number of nitrogens with one attached hydrogen (secondary N) is 1. The highest BCUT2D eigenvalue weighted by molar-refractivity contribution is 7.90. The van der Waals surface area contributed by atoms with Crippen molar-refractivity contribution in [2.45, 2.75) is 11.8 Å². The smallest absolute Gasteiger partial charge is 0.261 e. The molecule has 0 aliphatic carbocycles. The van der Waals surface area contributed by atoms with Crippen LogP contribution in [-0.2, 0) is 9.84 Å². The minimum atomic E-state index is -3.37. The molecule has 0 spiro atoms. The molecular weight excluding hydrogens is 312 g/mol. The summed E-state index contributed by atoms with van der Waals surface area (Å²) >= 11 is 0. The summed E-state index contributed by atoms with van der Waals surface area (Å²) in [5, 5.41) is 2.37. The molecule has 116 valence electrons. The lowest BCUT2D eigenvalue weighted by molar-refractivity contribution is 0.101. The fourth-order valence-electron chi connectivity index (χ4n) is 1.91. The normalized spacial score (nSPS) is 11.3. The summed E-state index contributed by atoms with van der Waals surface area (Å²) in [7, 11) is -3.37. The topological polar surface area (TPSA) is 63.2 Å². The van der Waals surface area contributed by atoms with Crippen LogP contribution in [0.2, 0.25) is 0 Å². The third-order valence-corrected chi connectivity index (χ3v) is 4.17. The first-order valence-electron chi connectivity index (χ1n) is 6.26. The van der Waals surface area contributed by atoms with Gasteiger partial charge < -0.3 is 5.32 Å². The summed E-state index contributed by atoms with van der Waals surface area (Å²) in [6.07, 6.45) is 1.06. The molecule has 0 unspecified atom stereocenters. The van der Waals surface area contributed by atoms with Crippen LogP contribution in [0, 0.1) is 18.6 Å². The van der Waals surface area contributed by atoms with Crippen LogP contribution in [-0.4, -0.2) is 20.6 Å². The van der Waals surface area contributed by atoms with Gasteiger partial charge in [-0.1, -0.05) is 6.07 Å². The third-order valence-electron chi connectivity index (χ3n) is 3.06. The van der Waals surface area contributed by atoms with Crippen LogP contribution >= 0.6 is 0 Å². The third kappa shape index (κ3) is 3.30. The summed E-state index contributed by atoms with van der Waals surface area (Å²) in [6, 6.07) is 7.20. The first-order valence-corrected chi connectivity index (χ1v) is 8.15. The van der Waals surface area contributed by atoms with Crippen LogP contribution < -0.4 is 5.32 Å². The molecule has 7 heteroatoms. The van der Waals surface area contributed by atoms with Gasteiger partial charge in [0.25, 0.3) is 5.91 Å². The van der Waals surface area contributed by atoms with Crippen molar-refractivity contribution in [3.05, 3.63) is 59.2 Å². The summed E-state index contributed by atoms with van der Waals surface area (Å²) in [4.78, 5) is 12.1. The maximum absolute atomic E-state index is 13.5. The average molecular weight is 325 g/mol. The molecule has 2 aromatic carbocycles. The Bertz CT molecular complexity index is 828. The van der Waals surface area contributed by atoms with E-state index in [9.17, 15) is 22.0 Å². The molecule has 0 fully saturated rings. The van der Waals surface area contributed by atoms with Gasteiger partial charge in [-0.3, -0.25) is 4.79 Å². The van der Waals surface area contributed by atoms with E-state index in [1.54, 1.807) is 6.92 Å². The van der Waals surface area contributed by atoms with Crippen molar-refractivity contribution in [1.29, 1.82) is 0 Å². The number of hydrogen-bond acceptors (Lipinski definition) is 3. The second-order valence-corrected chi connectivity index (χ2v) is 6.82. The van der Waals surface area contributed by atoms with E-state index >= 15 is 0 Å². The molecule has 0 saturated heterocycles. The van der Waals surface area contributed by atoms with E-state index in [2.05, 4.69) is 5.32 Å². The highest BCUT2D eigenvalue weighted by atomic mass is 32.2. The van der Waals surface area contributed by atoms with Gasteiger partial charge in [0.1, 0.15) is 17.2 Å². The van der Waals surface area contributed by atoms with E-state index in [1.165, 1.54) is 18.2 Å². The van der Waals surface area contributed by atoms with E-state index in [4.69, 9.17) is 0 Å². The number of anilines is 1. The van der Waals surface area contributed by atoms with Gasteiger partial charge in [-0.15, -0.1) is 0 Å². The molecule has 2 aromatic rings. The molecule has 0 atom stereocenters. The molecule has 0 aromatic heterocycles. The predicted octanol–water partition coefficient (Wildman–Crippen LogP) is 2.93. The maximum atomic E-state index is 13.5. The summed E-state index contributed by atoms with van der Waals surface area (Å²) < 4.78 is 50.0. The number of halogens is 2. The molecule has 0 bridgehead atoms. The first-order chi connectivity index (χ1) is 10.2. The molecule has 2 rings (SSSR count). The van der Waals surface area contributed by atoms with E-state index in [1.807, 2.05) is 0 Å². The molecule has 0 aliphatic rings. The summed E-state index contributed by atoms with van der Waals surface area (Å²) in [5.74, 6) is -2.88. The Morgan fingerprint density at radius 2 is 1.68 bits per heavy atom. The molecule has 0 radical (unpaired) electrons. The van der Waals surface area contributed by atoms with Crippen LogP contribution in [0.15, 0.2) is 41.3 Å². The van der Waals surface area contributed by atoms with E-state index in [-0.39, 0.29) is 10.6 Å². The van der Waals surface area contributed by atoms with Crippen molar-refractivity contribution in [3.63, 3.8) is 0 Å². The highest BCUT2D eigenvalue weighted by Crippen LogP contribution is 2.21. The van der Waals surface area contributed by atoms with Crippen molar-refractivity contribution < 1.29 is 22.0 Å². The monoisotopic (exact) mass is 325 g/mol. The molecule has 0 aliphatic heterocycles. The van der Waals surface area contributed by atoms with Crippen LogP contribution in [0.4, 0.5) is 14.5 Å². The number of aryl methyl sites for hydroxylation is 1. The Hall–Kier alpha value is -2.28. The van der Waals surface area contributed by atoms with Crippen molar-refractivity contribution >= 4 is 21.4 Å². The first kappa shape index (κ1) is 16.1. The van der Waals surface area contributed by atoms with Gasteiger partial charge in [0.2, 0.25) is 0 Å². The van der Waals surface area contributed by atoms with Crippen LogP contribution in [0.1, 0.15) is 15.9 Å². The highest BCUT2D eigenvalue weighted by Gasteiger charge is 2.18. The average Bonchev–Trinajstić information content (AvgIpc) is 2.39. The van der Waals surface area contributed by atoms with E-state index in [0.29, 0.717) is 5.56 Å². The zero-order valence-corrected chi connectivity index (χ0v) is 12.7. The summed E-state index contributed by atoms with van der Waals surface area (Å²) in [5.41, 5.74) is 0.0576. The van der Waals surface area contributed by atoms with Crippen molar-refractivity contribution in [2.24, 2.45) is 0 Å². The number of sulfone groups is 1. The lowest BCUT2D eigenvalue weighted by Crippen LogP contribution is -2.16. The van der Waals surface area contributed by atoms with Gasteiger partial charge in [-0.05, 0) is 42.8 Å². The molecular formula is C15H13F2NO3S. The number of carbonyl (C=O) groups excluding carboxylic acids is 1. The SMILES string of the molecule is Cc1cc(S(C)(=O)=O)ccc1NC(=O)c1c(F)cccc1F. The number of benzene rings is 2. The Morgan fingerprint density at radius 1 is 1.09 bits per heavy atom. The largest absolute Gasteiger partial charge is 0.322 e. The van der Waals surface area contributed by atoms with E-state index in [0.717, 1.165) is 24.5 Å². The lowest BCUT2D eigenvalue weighted by Gasteiger charge is -2.10. The minimum absolute atomic E-state index is 0.0973. The zero-order chi connectivity index (χ0) is 16.5. The van der Waals surface area contributed by atoms with E-state index < -0.39 is 32.9 Å². The number of rotatable bonds is 3. The van der Waals surface area contributed by atoms with Crippen LogP contribution in [0.5, 0.6) is 0 Å². The summed E-state index contributed by atoms with van der Waals surface area (Å²) in [6.45, 7) is 1.59. The van der Waals surface area contributed by atoms with Gasteiger partial charge in [0, 0.05) is 11.9 Å². The van der Waals surface area contributed by atoms with Gasteiger partial charge in [0.15, 0.2) is 9.84 Å². The molecule has 0 heterocycles. The Labute approximate surface area is 126 Å². The van der Waals surface area contributed by atoms with Gasteiger partial charge >= 0.3 is 0 Å².